The van der Waals surface area contributed by atoms with Crippen LogP contribution in [0.4, 0.5) is 0 Å². The van der Waals surface area contributed by atoms with Gasteiger partial charge in [0.1, 0.15) is 11.2 Å². The van der Waals surface area contributed by atoms with Gasteiger partial charge in [0.15, 0.2) is 5.82 Å². The third-order valence-corrected chi connectivity index (χ3v) is 10.9. The number of aromatic nitrogens is 3. The molecule has 0 atom stereocenters. The second-order valence-electron chi connectivity index (χ2n) is 14.4. The quantitative estimate of drug-likeness (QED) is 0.160. The smallest absolute Gasteiger partial charge is 0.160 e. The van der Waals surface area contributed by atoms with Crippen LogP contribution < -0.4 is 0 Å². The number of para-hydroxylation sites is 2. The highest BCUT2D eigenvalue weighted by molar-refractivity contribution is 6.24. The van der Waals surface area contributed by atoms with Crippen LogP contribution in [0.1, 0.15) is 0 Å². The van der Waals surface area contributed by atoms with Crippen molar-refractivity contribution in [3.63, 3.8) is 0 Å². The van der Waals surface area contributed by atoms with Gasteiger partial charge in [-0.2, -0.15) is 0 Å². The predicted octanol–water partition coefficient (Wildman–Crippen LogP) is 14.1. The Labute approximate surface area is 329 Å². The molecule has 4 nitrogen and oxygen atoms in total. The molecule has 0 aliphatic carbocycles. The highest BCUT2D eigenvalue weighted by Crippen LogP contribution is 2.41. The minimum atomic E-state index is 0.643. The fourth-order valence-electron chi connectivity index (χ4n) is 8.09. The summed E-state index contributed by atoms with van der Waals surface area (Å²) in [6.07, 6.45) is 0. The zero-order valence-electron chi connectivity index (χ0n) is 30.8. The number of benzene rings is 8. The topological polar surface area (TPSA) is 51.8 Å². The van der Waals surface area contributed by atoms with Crippen LogP contribution in [0.15, 0.2) is 205 Å². The van der Waals surface area contributed by atoms with Crippen LogP contribution in [-0.4, -0.2) is 15.0 Å². The molecule has 0 unspecified atom stereocenters. The van der Waals surface area contributed by atoms with Gasteiger partial charge in [-0.25, -0.2) is 15.0 Å². The molecule has 0 N–H and O–H groups in total. The molecule has 57 heavy (non-hydrogen) atoms. The van der Waals surface area contributed by atoms with E-state index in [0.29, 0.717) is 5.82 Å². The molecule has 11 aromatic rings. The van der Waals surface area contributed by atoms with E-state index in [0.717, 1.165) is 105 Å². The van der Waals surface area contributed by atoms with Crippen LogP contribution in [0.3, 0.4) is 0 Å². The van der Waals surface area contributed by atoms with Gasteiger partial charge in [-0.15, -0.1) is 0 Å². The Kier molecular flexibility index (Phi) is 7.78. The van der Waals surface area contributed by atoms with E-state index in [2.05, 4.69) is 170 Å². The maximum atomic E-state index is 6.59. The lowest BCUT2D eigenvalue weighted by molar-refractivity contribution is 0.673. The van der Waals surface area contributed by atoms with Crippen LogP contribution in [0.2, 0.25) is 0 Å². The van der Waals surface area contributed by atoms with Gasteiger partial charge in [-0.3, -0.25) is 0 Å². The number of furan rings is 1. The molecule has 8 aromatic carbocycles. The predicted molar refractivity (Wildman–Crippen MR) is 235 cm³/mol. The minimum absolute atomic E-state index is 0.643. The Morgan fingerprint density at radius 3 is 1.51 bits per heavy atom. The molecule has 11 rings (SSSR count). The van der Waals surface area contributed by atoms with E-state index in [1.54, 1.807) is 0 Å². The molecular weight excluding hydrogens is 695 g/mol. The first-order valence-corrected chi connectivity index (χ1v) is 19.2. The number of rotatable bonds is 6. The molecule has 4 heteroatoms. The van der Waals surface area contributed by atoms with Gasteiger partial charge in [-0.1, -0.05) is 158 Å². The van der Waals surface area contributed by atoms with E-state index in [-0.39, 0.29) is 0 Å². The molecular formula is C53H33N3O. The van der Waals surface area contributed by atoms with Gasteiger partial charge >= 0.3 is 0 Å². The highest BCUT2D eigenvalue weighted by atomic mass is 16.3. The molecule has 0 fully saturated rings. The highest BCUT2D eigenvalue weighted by Gasteiger charge is 2.19. The molecule has 3 heterocycles. The first-order valence-electron chi connectivity index (χ1n) is 19.2. The monoisotopic (exact) mass is 727 g/mol. The second kappa shape index (κ2) is 13.6. The van der Waals surface area contributed by atoms with Gasteiger partial charge in [-0.05, 0) is 64.7 Å². The average Bonchev–Trinajstić information content (AvgIpc) is 3.68. The maximum absolute atomic E-state index is 6.59. The molecule has 3 aromatic heterocycles. The molecule has 0 amide bonds. The van der Waals surface area contributed by atoms with Crippen molar-refractivity contribution >= 4 is 43.6 Å². The molecule has 0 radical (unpaired) electrons. The summed E-state index contributed by atoms with van der Waals surface area (Å²) in [4.78, 5) is 15.9. The molecule has 0 spiro atoms. The molecule has 266 valence electrons. The zero-order chi connectivity index (χ0) is 37.7. The van der Waals surface area contributed by atoms with Crippen molar-refractivity contribution < 1.29 is 4.42 Å². The lowest BCUT2D eigenvalue weighted by Crippen LogP contribution is -1.97. The minimum Gasteiger partial charge on any atom is -0.455 e. The number of hydrogen-bond acceptors (Lipinski definition) is 4. The van der Waals surface area contributed by atoms with Crippen LogP contribution in [0.5, 0.6) is 0 Å². The van der Waals surface area contributed by atoms with Crippen molar-refractivity contribution in [3.05, 3.63) is 200 Å². The average molecular weight is 728 g/mol. The zero-order valence-corrected chi connectivity index (χ0v) is 30.8. The fraction of sp³-hybridized carbons (Fsp3) is 0. The van der Waals surface area contributed by atoms with E-state index < -0.39 is 0 Å². The summed E-state index contributed by atoms with van der Waals surface area (Å²) in [6, 6.07) is 69.6. The third-order valence-electron chi connectivity index (χ3n) is 10.9. The van der Waals surface area contributed by atoms with E-state index in [1.165, 1.54) is 0 Å². The lowest BCUT2D eigenvalue weighted by atomic mass is 9.96. The number of nitrogens with zero attached hydrogens (tertiary/aromatic N) is 3. The van der Waals surface area contributed by atoms with Crippen LogP contribution in [-0.2, 0) is 0 Å². The first-order chi connectivity index (χ1) is 28.2. The van der Waals surface area contributed by atoms with Gasteiger partial charge in [0.25, 0.3) is 0 Å². The third kappa shape index (κ3) is 5.83. The standard InChI is InChI=1S/C53H33N3O/c1-3-14-34(15-4-1)36-18-11-20-38(30-36)47-33-48(39-21-12-19-37(31-39)35-16-5-2-6-17-35)56-53(55-47)41-23-13-22-40(32-41)51-45-29-28-43-42-24-8-10-27-49(42)57-52(43)50(45)44-25-7-9-26-46(44)54-51/h1-33H. The maximum Gasteiger partial charge on any atom is 0.160 e. The SMILES string of the molecule is c1ccc(-c2cccc(-c3cc(-c4cccc(-c5ccccc5)c4)nc(-c4cccc(-c5nc6ccccc6c6c5ccc5c7ccccc7oc56)c4)n3)c2)cc1. The van der Waals surface area contributed by atoms with Crippen LogP contribution >= 0.6 is 0 Å². The van der Waals surface area contributed by atoms with E-state index in [1.807, 2.05) is 30.3 Å². The van der Waals surface area contributed by atoms with Crippen molar-refractivity contribution in [3.8, 4) is 67.4 Å². The van der Waals surface area contributed by atoms with E-state index in [9.17, 15) is 0 Å². The van der Waals surface area contributed by atoms with Gasteiger partial charge < -0.3 is 4.42 Å². The van der Waals surface area contributed by atoms with Crippen molar-refractivity contribution in [1.29, 1.82) is 0 Å². The van der Waals surface area contributed by atoms with Gasteiger partial charge in [0.05, 0.1) is 22.6 Å². The second-order valence-corrected chi connectivity index (χ2v) is 14.4. The summed E-state index contributed by atoms with van der Waals surface area (Å²) in [5.74, 6) is 0.643. The Balaban J connectivity index is 1.10. The summed E-state index contributed by atoms with van der Waals surface area (Å²) in [5, 5.41) is 5.36. The summed E-state index contributed by atoms with van der Waals surface area (Å²) in [7, 11) is 0. The Bertz CT molecular complexity index is 3200. The number of pyridine rings is 1. The lowest BCUT2D eigenvalue weighted by Gasteiger charge is -2.13. The first kappa shape index (κ1) is 32.7. The normalized spacial score (nSPS) is 11.5. The largest absolute Gasteiger partial charge is 0.455 e. The van der Waals surface area contributed by atoms with E-state index in [4.69, 9.17) is 19.4 Å². The molecule has 0 aliphatic rings. The van der Waals surface area contributed by atoms with Crippen LogP contribution in [0.25, 0.3) is 111 Å². The summed E-state index contributed by atoms with van der Waals surface area (Å²) < 4.78 is 6.59. The Hall–Kier alpha value is -7.69. The molecule has 0 aliphatic heterocycles. The van der Waals surface area contributed by atoms with Crippen molar-refractivity contribution in [2.75, 3.05) is 0 Å². The summed E-state index contributed by atoms with van der Waals surface area (Å²) >= 11 is 0. The summed E-state index contributed by atoms with van der Waals surface area (Å²) in [5.41, 5.74) is 13.8. The Morgan fingerprint density at radius 2 is 0.825 bits per heavy atom. The molecule has 0 saturated heterocycles. The van der Waals surface area contributed by atoms with E-state index >= 15 is 0 Å². The molecule has 0 bridgehead atoms. The number of fused-ring (bicyclic) bond motifs is 7. The van der Waals surface area contributed by atoms with Crippen LogP contribution in [0, 0.1) is 0 Å². The Morgan fingerprint density at radius 1 is 0.316 bits per heavy atom. The number of hydrogen-bond donors (Lipinski definition) is 0. The van der Waals surface area contributed by atoms with Gasteiger partial charge in [0, 0.05) is 49.2 Å². The van der Waals surface area contributed by atoms with Crippen molar-refractivity contribution in [2.45, 2.75) is 0 Å². The fourth-order valence-corrected chi connectivity index (χ4v) is 8.09. The van der Waals surface area contributed by atoms with Crippen molar-refractivity contribution in [2.24, 2.45) is 0 Å². The van der Waals surface area contributed by atoms with Crippen molar-refractivity contribution in [1.82, 2.24) is 15.0 Å². The summed E-state index contributed by atoms with van der Waals surface area (Å²) in [6.45, 7) is 0. The molecule has 0 saturated carbocycles. The van der Waals surface area contributed by atoms with Gasteiger partial charge in [0.2, 0.25) is 0 Å².